The van der Waals surface area contributed by atoms with Crippen LogP contribution in [0, 0.1) is 0 Å². The molecule has 0 bridgehead atoms. The van der Waals surface area contributed by atoms with E-state index in [0.29, 0.717) is 6.04 Å². The first-order chi connectivity index (χ1) is 14.6. The molecule has 0 saturated carbocycles. The third kappa shape index (κ3) is 3.76. The highest BCUT2D eigenvalue weighted by atomic mass is 32.2. The van der Waals surface area contributed by atoms with Crippen molar-refractivity contribution in [2.24, 2.45) is 0 Å². The van der Waals surface area contributed by atoms with Crippen molar-refractivity contribution < 1.29 is 4.79 Å². The highest BCUT2D eigenvalue weighted by Crippen LogP contribution is 2.42. The van der Waals surface area contributed by atoms with Gasteiger partial charge in [0, 0.05) is 48.0 Å². The maximum Gasteiger partial charge on any atom is 0.317 e. The van der Waals surface area contributed by atoms with Gasteiger partial charge in [-0.1, -0.05) is 25.1 Å². The molecule has 0 unspecified atom stereocenters. The minimum atomic E-state index is 0.0374. The van der Waals surface area contributed by atoms with Crippen LogP contribution in [-0.4, -0.2) is 65.3 Å². The number of thioether (sulfide) groups is 1. The van der Waals surface area contributed by atoms with Gasteiger partial charge in [-0.2, -0.15) is 11.8 Å². The minimum absolute atomic E-state index is 0.0374. The van der Waals surface area contributed by atoms with E-state index < -0.39 is 0 Å². The maximum absolute atomic E-state index is 12.7. The van der Waals surface area contributed by atoms with E-state index in [1.54, 1.807) is 0 Å². The number of aromatic amines is 1. The molecule has 2 N–H and O–H groups in total. The van der Waals surface area contributed by atoms with E-state index in [-0.39, 0.29) is 12.1 Å². The average Bonchev–Trinajstić information content (AvgIpc) is 3.09. The quantitative estimate of drug-likeness (QED) is 0.686. The van der Waals surface area contributed by atoms with E-state index in [1.165, 1.54) is 33.3 Å². The summed E-state index contributed by atoms with van der Waals surface area (Å²) in [5.41, 5.74) is 6.82. The molecule has 1 aromatic heterocycles. The van der Waals surface area contributed by atoms with Crippen LogP contribution in [0.1, 0.15) is 44.0 Å². The highest BCUT2D eigenvalue weighted by molar-refractivity contribution is 7.97. The van der Waals surface area contributed by atoms with E-state index in [0.717, 1.165) is 44.8 Å². The Balaban J connectivity index is 1.74. The summed E-state index contributed by atoms with van der Waals surface area (Å²) >= 11 is 1.87. The van der Waals surface area contributed by atoms with Crippen LogP contribution in [0.2, 0.25) is 0 Å². The lowest BCUT2D eigenvalue weighted by atomic mass is 9.80. The molecule has 1 aliphatic carbocycles. The zero-order valence-electron chi connectivity index (χ0n) is 18.6. The van der Waals surface area contributed by atoms with Crippen molar-refractivity contribution in [2.45, 2.75) is 51.4 Å². The van der Waals surface area contributed by atoms with Crippen LogP contribution in [0.3, 0.4) is 0 Å². The molecule has 4 rings (SSSR count). The largest absolute Gasteiger partial charge is 0.357 e. The molecule has 2 aliphatic rings. The molecule has 2 aromatic rings. The van der Waals surface area contributed by atoms with Crippen LogP contribution in [0.25, 0.3) is 16.5 Å². The van der Waals surface area contributed by atoms with E-state index in [9.17, 15) is 4.79 Å². The lowest BCUT2D eigenvalue weighted by Crippen LogP contribution is -2.54. The van der Waals surface area contributed by atoms with E-state index in [2.05, 4.69) is 52.7 Å². The van der Waals surface area contributed by atoms with Gasteiger partial charge in [0.2, 0.25) is 0 Å². The Morgan fingerprint density at radius 1 is 1.30 bits per heavy atom. The standard InChI is InChI=1S/C24H34N4OS/c1-5-11-28-14-16(25-24(29)27(6-2)7-3)12-18-17-9-8-10-20-23(17)19(13-22(18)28)21(26-20)15-30-4/h8-10,12,16,22,26H,5-7,11,13-15H2,1-4H3,(H,25,29)/t16-,22+/m0/s1. The van der Waals surface area contributed by atoms with Gasteiger partial charge in [-0.15, -0.1) is 0 Å². The average molecular weight is 427 g/mol. The fraction of sp³-hybridized carbons (Fsp3) is 0.542. The fourth-order valence-corrected chi connectivity index (χ4v) is 5.68. The summed E-state index contributed by atoms with van der Waals surface area (Å²) in [4.78, 5) is 20.8. The molecule has 5 nitrogen and oxygen atoms in total. The fourth-order valence-electron chi connectivity index (χ4n) is 5.15. The van der Waals surface area contributed by atoms with Crippen molar-refractivity contribution in [3.8, 4) is 0 Å². The number of nitrogens with zero attached hydrogens (tertiary/aromatic N) is 2. The monoisotopic (exact) mass is 426 g/mol. The number of nitrogens with one attached hydrogen (secondary N) is 2. The highest BCUT2D eigenvalue weighted by Gasteiger charge is 2.36. The second-order valence-electron chi connectivity index (χ2n) is 8.31. The molecular formula is C24H34N4OS. The molecule has 162 valence electrons. The molecule has 0 radical (unpaired) electrons. The van der Waals surface area contributed by atoms with Gasteiger partial charge in [0.05, 0.1) is 6.04 Å². The lowest BCUT2D eigenvalue weighted by Gasteiger charge is -2.42. The number of H-pyrrole nitrogens is 1. The van der Waals surface area contributed by atoms with Crippen LogP contribution >= 0.6 is 11.8 Å². The number of hydrogen-bond acceptors (Lipinski definition) is 3. The van der Waals surface area contributed by atoms with Crippen LogP contribution in [0.4, 0.5) is 4.79 Å². The number of benzene rings is 1. The normalized spacial score (nSPS) is 20.7. The third-order valence-electron chi connectivity index (χ3n) is 6.50. The summed E-state index contributed by atoms with van der Waals surface area (Å²) in [5.74, 6) is 1.02. The van der Waals surface area contributed by atoms with Gasteiger partial charge in [0.15, 0.2) is 0 Å². The first-order valence-corrected chi connectivity index (χ1v) is 12.6. The third-order valence-corrected chi connectivity index (χ3v) is 7.07. The molecule has 30 heavy (non-hydrogen) atoms. The maximum atomic E-state index is 12.7. The van der Waals surface area contributed by atoms with Gasteiger partial charge >= 0.3 is 6.03 Å². The van der Waals surface area contributed by atoms with Crippen molar-refractivity contribution in [3.05, 3.63) is 41.1 Å². The number of amides is 2. The predicted octanol–water partition coefficient (Wildman–Crippen LogP) is 4.48. The van der Waals surface area contributed by atoms with Gasteiger partial charge in [0.25, 0.3) is 0 Å². The lowest BCUT2D eigenvalue weighted by molar-refractivity contribution is 0.183. The molecular weight excluding hydrogens is 392 g/mol. The second kappa shape index (κ2) is 9.06. The summed E-state index contributed by atoms with van der Waals surface area (Å²) < 4.78 is 0. The Bertz CT molecular complexity index is 946. The Labute approximate surface area is 184 Å². The predicted molar refractivity (Wildman–Crippen MR) is 128 cm³/mol. The SMILES string of the molecule is CCCN1C[C@@H](NC(=O)N(CC)CC)C=C2c3cccc4[nH]c(CSC)c(c34)C[C@H]21. The molecule has 1 aromatic carbocycles. The summed E-state index contributed by atoms with van der Waals surface area (Å²) in [6, 6.07) is 7.08. The number of carbonyl (C=O) groups excluding carboxylic acids is 1. The summed E-state index contributed by atoms with van der Waals surface area (Å²) in [6.07, 6.45) is 6.66. The molecule has 0 fully saturated rings. The van der Waals surface area contributed by atoms with Crippen molar-refractivity contribution in [2.75, 3.05) is 32.4 Å². The van der Waals surface area contributed by atoms with Crippen molar-refractivity contribution in [3.63, 3.8) is 0 Å². The summed E-state index contributed by atoms with van der Waals surface area (Å²) in [5, 5.41) is 4.67. The Morgan fingerprint density at radius 3 is 2.80 bits per heavy atom. The number of rotatable bonds is 7. The zero-order valence-corrected chi connectivity index (χ0v) is 19.4. The van der Waals surface area contributed by atoms with Crippen LogP contribution in [-0.2, 0) is 12.2 Å². The van der Waals surface area contributed by atoms with Crippen molar-refractivity contribution in [1.29, 1.82) is 0 Å². The molecule has 1 aliphatic heterocycles. The molecule has 0 spiro atoms. The van der Waals surface area contributed by atoms with Gasteiger partial charge in [0.1, 0.15) is 0 Å². The molecule has 2 atom stereocenters. The van der Waals surface area contributed by atoms with Crippen molar-refractivity contribution in [1.82, 2.24) is 20.1 Å². The Kier molecular flexibility index (Phi) is 6.44. The zero-order chi connectivity index (χ0) is 21.3. The summed E-state index contributed by atoms with van der Waals surface area (Å²) in [6.45, 7) is 9.70. The molecule has 2 heterocycles. The van der Waals surface area contributed by atoms with Crippen LogP contribution in [0.5, 0.6) is 0 Å². The number of urea groups is 1. The number of hydrogen-bond donors (Lipinski definition) is 2. The van der Waals surface area contributed by atoms with Gasteiger partial charge < -0.3 is 15.2 Å². The number of carbonyl (C=O) groups is 1. The Morgan fingerprint density at radius 2 is 2.10 bits per heavy atom. The first-order valence-electron chi connectivity index (χ1n) is 11.2. The second-order valence-corrected chi connectivity index (χ2v) is 9.17. The first kappa shape index (κ1) is 21.3. The summed E-state index contributed by atoms with van der Waals surface area (Å²) in [7, 11) is 0. The minimum Gasteiger partial charge on any atom is -0.357 e. The molecule has 0 saturated heterocycles. The topological polar surface area (TPSA) is 51.4 Å². The van der Waals surface area contributed by atoms with Gasteiger partial charge in [-0.25, -0.2) is 4.79 Å². The number of aromatic nitrogens is 1. The molecule has 2 amide bonds. The van der Waals surface area contributed by atoms with Crippen LogP contribution < -0.4 is 5.32 Å². The van der Waals surface area contributed by atoms with Gasteiger partial charge in [-0.05, 0) is 62.3 Å². The van der Waals surface area contributed by atoms with E-state index in [1.807, 2.05) is 30.5 Å². The number of fused-ring (bicyclic) bond motifs is 2. The van der Waals surface area contributed by atoms with E-state index >= 15 is 0 Å². The smallest absolute Gasteiger partial charge is 0.317 e. The van der Waals surface area contributed by atoms with Crippen molar-refractivity contribution >= 4 is 34.3 Å². The Hall–Kier alpha value is -1.92. The van der Waals surface area contributed by atoms with E-state index in [4.69, 9.17) is 0 Å². The molecule has 6 heteroatoms. The van der Waals surface area contributed by atoms with Gasteiger partial charge in [-0.3, -0.25) is 4.90 Å². The van der Waals surface area contributed by atoms with Crippen LogP contribution in [0.15, 0.2) is 24.3 Å².